The summed E-state index contributed by atoms with van der Waals surface area (Å²) < 4.78 is 1.93. The number of aryl methyl sites for hydroxylation is 2. The van der Waals surface area contributed by atoms with Gasteiger partial charge in [0.25, 0.3) is 0 Å². The number of benzene rings is 2. The highest BCUT2D eigenvalue weighted by Gasteiger charge is 2.13. The number of nitrogens with zero attached hydrogens (tertiary/aromatic N) is 2. The molecule has 0 atom stereocenters. The van der Waals surface area contributed by atoms with Crippen molar-refractivity contribution in [1.29, 1.82) is 0 Å². The number of rotatable bonds is 5. The van der Waals surface area contributed by atoms with Crippen LogP contribution in [0.5, 0.6) is 0 Å². The number of halogens is 1. The van der Waals surface area contributed by atoms with Crippen molar-refractivity contribution in [1.82, 2.24) is 9.38 Å². The summed E-state index contributed by atoms with van der Waals surface area (Å²) in [6, 6.07) is 16.3. The molecule has 0 radical (unpaired) electrons. The van der Waals surface area contributed by atoms with Crippen molar-refractivity contribution in [3.8, 4) is 11.3 Å². The first-order valence-electron chi connectivity index (χ1n) is 9.89. The van der Waals surface area contributed by atoms with E-state index < -0.39 is 11.9 Å². The quantitative estimate of drug-likeness (QED) is 0.390. The first-order valence-corrected chi connectivity index (χ1v) is 10.3. The van der Waals surface area contributed by atoms with Gasteiger partial charge in [0.05, 0.1) is 22.0 Å². The van der Waals surface area contributed by atoms with Crippen molar-refractivity contribution in [2.75, 3.05) is 5.32 Å². The van der Waals surface area contributed by atoms with Crippen molar-refractivity contribution in [3.63, 3.8) is 0 Å². The highest BCUT2D eigenvalue weighted by atomic mass is 35.5. The van der Waals surface area contributed by atoms with Gasteiger partial charge in [0.2, 0.25) is 5.91 Å². The Morgan fingerprint density at radius 1 is 1.03 bits per heavy atom. The van der Waals surface area contributed by atoms with Crippen LogP contribution in [0, 0.1) is 13.8 Å². The molecule has 0 saturated carbocycles. The lowest BCUT2D eigenvalue weighted by Crippen LogP contribution is -2.09. The molecule has 0 aliphatic rings. The molecular weight excluding hydrogens is 426 g/mol. The van der Waals surface area contributed by atoms with Gasteiger partial charge in [-0.25, -0.2) is 9.78 Å². The number of imidazole rings is 1. The van der Waals surface area contributed by atoms with Gasteiger partial charge >= 0.3 is 5.97 Å². The van der Waals surface area contributed by atoms with E-state index in [1.54, 1.807) is 12.1 Å². The number of fused-ring (bicyclic) bond motifs is 1. The van der Waals surface area contributed by atoms with Gasteiger partial charge in [-0.1, -0.05) is 41.4 Å². The fourth-order valence-electron chi connectivity index (χ4n) is 3.35. The van der Waals surface area contributed by atoms with E-state index in [1.165, 1.54) is 18.2 Å². The zero-order valence-electron chi connectivity index (χ0n) is 17.5. The van der Waals surface area contributed by atoms with Crippen molar-refractivity contribution in [2.45, 2.75) is 13.8 Å². The minimum atomic E-state index is -1.16. The van der Waals surface area contributed by atoms with E-state index in [0.29, 0.717) is 5.69 Å². The molecule has 0 saturated heterocycles. The van der Waals surface area contributed by atoms with Crippen LogP contribution in [0.3, 0.4) is 0 Å². The highest BCUT2D eigenvalue weighted by molar-refractivity contribution is 6.33. The molecule has 0 unspecified atom stereocenters. The monoisotopic (exact) mass is 445 g/mol. The predicted octanol–water partition coefficient (Wildman–Crippen LogP) is 5.62. The lowest BCUT2D eigenvalue weighted by molar-refractivity contribution is -0.111. The van der Waals surface area contributed by atoms with Gasteiger partial charge in [-0.15, -0.1) is 0 Å². The number of aromatic nitrogens is 2. The minimum Gasteiger partial charge on any atom is -0.478 e. The maximum absolute atomic E-state index is 12.5. The van der Waals surface area contributed by atoms with Crippen LogP contribution in [0.1, 0.15) is 27.2 Å². The largest absolute Gasteiger partial charge is 0.478 e. The predicted molar refractivity (Wildman–Crippen MR) is 126 cm³/mol. The van der Waals surface area contributed by atoms with E-state index in [0.717, 1.165) is 33.7 Å². The SMILES string of the molecule is Cc1ccc(-c2nc3cc(C)ccn3c2/C=C/C(=O)Nc2ccc(Cl)c(C(=O)O)c2)cc1. The number of amides is 1. The molecule has 4 rings (SSSR count). The van der Waals surface area contributed by atoms with E-state index in [-0.39, 0.29) is 10.6 Å². The number of carbonyl (C=O) groups is 2. The molecule has 2 heterocycles. The number of carbonyl (C=O) groups excluding carboxylic acids is 1. The second-order valence-corrected chi connectivity index (χ2v) is 7.87. The number of carboxylic acid groups (broad SMARTS) is 1. The average Bonchev–Trinajstić information content (AvgIpc) is 3.11. The van der Waals surface area contributed by atoms with Crippen LogP contribution >= 0.6 is 11.6 Å². The van der Waals surface area contributed by atoms with Gasteiger partial charge in [-0.2, -0.15) is 0 Å². The third-order valence-corrected chi connectivity index (χ3v) is 5.33. The molecule has 32 heavy (non-hydrogen) atoms. The Hall–Kier alpha value is -3.90. The summed E-state index contributed by atoms with van der Waals surface area (Å²) >= 11 is 5.89. The summed E-state index contributed by atoms with van der Waals surface area (Å²) in [4.78, 5) is 28.6. The normalized spacial score (nSPS) is 11.2. The minimum absolute atomic E-state index is 0.0766. The topological polar surface area (TPSA) is 83.7 Å². The maximum atomic E-state index is 12.5. The Morgan fingerprint density at radius 2 is 1.78 bits per heavy atom. The molecule has 0 aliphatic heterocycles. The fourth-order valence-corrected chi connectivity index (χ4v) is 3.55. The summed E-state index contributed by atoms with van der Waals surface area (Å²) in [6.45, 7) is 4.02. The molecule has 1 amide bonds. The van der Waals surface area contributed by atoms with Gasteiger partial charge in [-0.05, 0) is 55.8 Å². The zero-order valence-corrected chi connectivity index (χ0v) is 18.2. The number of hydrogen-bond acceptors (Lipinski definition) is 3. The van der Waals surface area contributed by atoms with Crippen molar-refractivity contribution in [2.24, 2.45) is 0 Å². The second-order valence-electron chi connectivity index (χ2n) is 7.47. The lowest BCUT2D eigenvalue weighted by atomic mass is 10.1. The highest BCUT2D eigenvalue weighted by Crippen LogP contribution is 2.27. The van der Waals surface area contributed by atoms with E-state index in [1.807, 2.05) is 60.8 Å². The smallest absolute Gasteiger partial charge is 0.337 e. The Labute approximate surface area is 189 Å². The molecule has 2 N–H and O–H groups in total. The van der Waals surface area contributed by atoms with Crippen LogP contribution in [0.4, 0.5) is 5.69 Å². The standard InChI is InChI=1S/C25H20ClN3O3/c1-15-3-5-17(6-4-15)24-21(29-12-11-16(2)13-22(29)28-24)9-10-23(30)27-18-7-8-20(26)19(14-18)25(31)32/h3-14H,1-2H3,(H,27,30)(H,31,32)/b10-9+. The van der Waals surface area contributed by atoms with E-state index in [9.17, 15) is 14.7 Å². The molecule has 7 heteroatoms. The molecule has 0 spiro atoms. The van der Waals surface area contributed by atoms with Crippen LogP contribution in [-0.4, -0.2) is 26.4 Å². The molecule has 2 aromatic carbocycles. The van der Waals surface area contributed by atoms with Crippen molar-refractivity contribution in [3.05, 3.63) is 94.3 Å². The molecule has 4 aromatic rings. The van der Waals surface area contributed by atoms with Crippen LogP contribution in [0.2, 0.25) is 5.02 Å². The number of nitrogens with one attached hydrogen (secondary N) is 1. The van der Waals surface area contributed by atoms with E-state index in [2.05, 4.69) is 5.32 Å². The third-order valence-electron chi connectivity index (χ3n) is 5.00. The first kappa shape index (κ1) is 21.3. The molecule has 6 nitrogen and oxygen atoms in total. The summed E-state index contributed by atoms with van der Waals surface area (Å²) in [5.74, 6) is -1.56. The fraction of sp³-hybridized carbons (Fsp3) is 0.0800. The molecule has 0 aliphatic carbocycles. The van der Waals surface area contributed by atoms with E-state index in [4.69, 9.17) is 16.6 Å². The van der Waals surface area contributed by atoms with Gasteiger partial charge in [0, 0.05) is 23.5 Å². The average molecular weight is 446 g/mol. The number of anilines is 1. The number of hydrogen-bond donors (Lipinski definition) is 2. The van der Waals surface area contributed by atoms with Crippen LogP contribution in [0.25, 0.3) is 23.0 Å². The number of carboxylic acids is 1. The number of aromatic carboxylic acids is 1. The molecule has 160 valence electrons. The van der Waals surface area contributed by atoms with Crippen LogP contribution in [-0.2, 0) is 4.79 Å². The number of pyridine rings is 1. The molecule has 0 fully saturated rings. The van der Waals surface area contributed by atoms with Gasteiger partial charge in [0.15, 0.2) is 0 Å². The zero-order chi connectivity index (χ0) is 22.8. The Balaban J connectivity index is 1.68. The van der Waals surface area contributed by atoms with Crippen molar-refractivity contribution < 1.29 is 14.7 Å². The molecule has 0 bridgehead atoms. The van der Waals surface area contributed by atoms with Gasteiger partial charge in [-0.3, -0.25) is 9.20 Å². The summed E-state index contributed by atoms with van der Waals surface area (Å²) in [5, 5.41) is 12.0. The Morgan fingerprint density at radius 3 is 2.50 bits per heavy atom. The van der Waals surface area contributed by atoms with Crippen LogP contribution in [0.15, 0.2) is 66.9 Å². The van der Waals surface area contributed by atoms with E-state index >= 15 is 0 Å². The molecular formula is C25H20ClN3O3. The maximum Gasteiger partial charge on any atom is 0.337 e. The third kappa shape index (κ3) is 4.40. The summed E-state index contributed by atoms with van der Waals surface area (Å²) in [7, 11) is 0. The first-order chi connectivity index (χ1) is 15.3. The molecule has 2 aromatic heterocycles. The van der Waals surface area contributed by atoms with Gasteiger partial charge in [0.1, 0.15) is 5.65 Å². The van der Waals surface area contributed by atoms with Gasteiger partial charge < -0.3 is 10.4 Å². The second kappa shape index (κ2) is 8.69. The summed E-state index contributed by atoms with van der Waals surface area (Å²) in [6.07, 6.45) is 5.02. The summed E-state index contributed by atoms with van der Waals surface area (Å²) in [5.41, 5.74) is 5.75. The lowest BCUT2D eigenvalue weighted by Gasteiger charge is -2.05. The van der Waals surface area contributed by atoms with Crippen molar-refractivity contribution >= 4 is 40.9 Å². The Bertz CT molecular complexity index is 1370. The Kier molecular flexibility index (Phi) is 5.79. The van der Waals surface area contributed by atoms with Crippen LogP contribution < -0.4 is 5.32 Å².